The minimum absolute atomic E-state index is 0.244. The molecule has 1 fully saturated rings. The third kappa shape index (κ3) is 5.31. The molecule has 0 saturated carbocycles. The molecule has 2 heterocycles. The fourth-order valence-electron chi connectivity index (χ4n) is 4.28. The maximum Gasteiger partial charge on any atom is 0.338 e. The summed E-state index contributed by atoms with van der Waals surface area (Å²) in [7, 11) is 0. The third-order valence-corrected chi connectivity index (χ3v) is 6.36. The summed E-state index contributed by atoms with van der Waals surface area (Å²) in [6, 6.07) is 14.7. The van der Waals surface area contributed by atoms with Gasteiger partial charge in [-0.2, -0.15) is 0 Å². The van der Waals surface area contributed by atoms with Crippen LogP contribution in [0, 0.1) is 6.92 Å². The second-order valence-corrected chi connectivity index (χ2v) is 8.67. The molecule has 0 spiro atoms. The van der Waals surface area contributed by atoms with E-state index in [0.717, 1.165) is 26.2 Å². The standard InChI is InChI=1S/C25H29ClN4O3/c1-3-33-24(31)22-21(27-25(32)28-23(22)19-6-4-5-7-20(19)26)16-29-12-14-30(15-13-29)18-10-8-17(2)9-11-18/h4-11,23H,3,12-16H2,1-2H3,(H2,27,28,32)/t23-/m0/s1. The Bertz CT molecular complexity index is 1050. The number of esters is 1. The second-order valence-electron chi connectivity index (χ2n) is 8.26. The molecule has 7 nitrogen and oxygen atoms in total. The van der Waals surface area contributed by atoms with Crippen molar-refractivity contribution in [2.75, 3.05) is 44.2 Å². The van der Waals surface area contributed by atoms with Crippen LogP contribution in [0.25, 0.3) is 0 Å². The van der Waals surface area contributed by atoms with Crippen molar-refractivity contribution in [3.05, 3.63) is 76.0 Å². The number of nitrogens with one attached hydrogen (secondary N) is 2. The van der Waals surface area contributed by atoms with Gasteiger partial charge in [-0.05, 0) is 37.6 Å². The summed E-state index contributed by atoms with van der Waals surface area (Å²) in [4.78, 5) is 30.1. The van der Waals surface area contributed by atoms with E-state index < -0.39 is 12.0 Å². The molecule has 4 rings (SSSR count). The molecule has 2 aliphatic heterocycles. The van der Waals surface area contributed by atoms with Crippen LogP contribution >= 0.6 is 11.6 Å². The minimum Gasteiger partial charge on any atom is -0.463 e. The lowest BCUT2D eigenvalue weighted by Crippen LogP contribution is -2.51. The van der Waals surface area contributed by atoms with Gasteiger partial charge >= 0.3 is 12.0 Å². The number of hydrogen-bond acceptors (Lipinski definition) is 5. The maximum atomic E-state index is 13.0. The zero-order chi connectivity index (χ0) is 23.4. The van der Waals surface area contributed by atoms with Gasteiger partial charge in [0.25, 0.3) is 0 Å². The minimum atomic E-state index is -0.671. The van der Waals surface area contributed by atoms with Gasteiger partial charge < -0.3 is 20.3 Å². The van der Waals surface area contributed by atoms with E-state index in [-0.39, 0.29) is 12.6 Å². The van der Waals surface area contributed by atoms with Crippen molar-refractivity contribution in [1.29, 1.82) is 0 Å². The molecule has 0 aliphatic carbocycles. The number of amides is 2. The Balaban J connectivity index is 1.56. The molecule has 8 heteroatoms. The number of aryl methyl sites for hydroxylation is 1. The van der Waals surface area contributed by atoms with Crippen LogP contribution in [-0.4, -0.2) is 56.2 Å². The van der Waals surface area contributed by atoms with Crippen LogP contribution in [0.2, 0.25) is 5.02 Å². The number of rotatable bonds is 6. The zero-order valence-corrected chi connectivity index (χ0v) is 19.7. The molecule has 2 N–H and O–H groups in total. The fraction of sp³-hybridized carbons (Fsp3) is 0.360. The summed E-state index contributed by atoms with van der Waals surface area (Å²) in [5.74, 6) is -0.455. The Hall–Kier alpha value is -3.03. The highest BCUT2D eigenvalue weighted by Gasteiger charge is 2.35. The topological polar surface area (TPSA) is 73.9 Å². The van der Waals surface area contributed by atoms with E-state index in [9.17, 15) is 9.59 Å². The highest BCUT2D eigenvalue weighted by atomic mass is 35.5. The molecule has 0 bridgehead atoms. The largest absolute Gasteiger partial charge is 0.463 e. The van der Waals surface area contributed by atoms with E-state index in [4.69, 9.17) is 16.3 Å². The summed E-state index contributed by atoms with van der Waals surface area (Å²) in [6.07, 6.45) is 0. The average molecular weight is 469 g/mol. The molecule has 0 aromatic heterocycles. The van der Waals surface area contributed by atoms with Gasteiger partial charge in [0, 0.05) is 49.1 Å². The first-order valence-electron chi connectivity index (χ1n) is 11.2. The van der Waals surface area contributed by atoms with E-state index in [1.54, 1.807) is 13.0 Å². The predicted molar refractivity (Wildman–Crippen MR) is 129 cm³/mol. The van der Waals surface area contributed by atoms with Gasteiger partial charge in [0.1, 0.15) is 0 Å². The summed E-state index contributed by atoms with van der Waals surface area (Å²) in [6.45, 7) is 7.90. The first-order chi connectivity index (χ1) is 16.0. The smallest absolute Gasteiger partial charge is 0.338 e. The number of benzene rings is 2. The summed E-state index contributed by atoms with van der Waals surface area (Å²) in [5, 5.41) is 6.18. The van der Waals surface area contributed by atoms with Gasteiger partial charge in [0.15, 0.2) is 0 Å². The van der Waals surface area contributed by atoms with Crippen LogP contribution in [0.4, 0.5) is 10.5 Å². The molecule has 2 amide bonds. The van der Waals surface area contributed by atoms with Crippen molar-refractivity contribution < 1.29 is 14.3 Å². The number of anilines is 1. The van der Waals surface area contributed by atoms with Crippen LogP contribution < -0.4 is 15.5 Å². The molecule has 2 aromatic carbocycles. The van der Waals surface area contributed by atoms with Gasteiger partial charge in [-0.15, -0.1) is 0 Å². The second kappa shape index (κ2) is 10.3. The van der Waals surface area contributed by atoms with Gasteiger partial charge in [-0.1, -0.05) is 47.5 Å². The number of carbonyl (C=O) groups is 2. The number of hydrogen-bond donors (Lipinski definition) is 2. The van der Waals surface area contributed by atoms with Gasteiger partial charge in [-0.25, -0.2) is 9.59 Å². The molecule has 1 saturated heterocycles. The quantitative estimate of drug-likeness (QED) is 0.633. The lowest BCUT2D eigenvalue weighted by atomic mass is 9.94. The van der Waals surface area contributed by atoms with Gasteiger partial charge in [0.2, 0.25) is 0 Å². The number of urea groups is 1. The van der Waals surface area contributed by atoms with Crippen molar-refractivity contribution in [2.24, 2.45) is 0 Å². The average Bonchev–Trinajstić information content (AvgIpc) is 2.80. The SMILES string of the molecule is CCOC(=O)C1=C(CN2CCN(c3ccc(C)cc3)CC2)NC(=O)N[C@H]1c1ccccc1Cl. The molecule has 2 aromatic rings. The Morgan fingerprint density at radius 2 is 1.79 bits per heavy atom. The van der Waals surface area contributed by atoms with Crippen LogP contribution in [0.15, 0.2) is 59.8 Å². The molecule has 174 valence electrons. The van der Waals surface area contributed by atoms with Crippen LogP contribution in [0.1, 0.15) is 24.1 Å². The molecular formula is C25H29ClN4O3. The van der Waals surface area contributed by atoms with Gasteiger partial charge in [0.05, 0.1) is 18.2 Å². The Kier molecular flexibility index (Phi) is 7.20. The molecule has 0 unspecified atom stereocenters. The Morgan fingerprint density at radius 3 is 2.45 bits per heavy atom. The van der Waals surface area contributed by atoms with E-state index >= 15 is 0 Å². The van der Waals surface area contributed by atoms with E-state index in [1.807, 2.05) is 18.2 Å². The van der Waals surface area contributed by atoms with Crippen LogP contribution in [-0.2, 0) is 9.53 Å². The van der Waals surface area contributed by atoms with Crippen molar-refractivity contribution >= 4 is 29.3 Å². The molecular weight excluding hydrogens is 440 g/mol. The maximum absolute atomic E-state index is 13.0. The fourth-order valence-corrected chi connectivity index (χ4v) is 4.52. The lowest BCUT2D eigenvalue weighted by molar-refractivity contribution is -0.139. The molecule has 33 heavy (non-hydrogen) atoms. The zero-order valence-electron chi connectivity index (χ0n) is 18.9. The Labute approximate surface area is 199 Å². The van der Waals surface area contributed by atoms with E-state index in [0.29, 0.717) is 28.4 Å². The molecule has 2 aliphatic rings. The normalized spacial score (nSPS) is 19.2. The van der Waals surface area contributed by atoms with Gasteiger partial charge in [-0.3, -0.25) is 4.90 Å². The van der Waals surface area contributed by atoms with Crippen molar-refractivity contribution in [3.63, 3.8) is 0 Å². The van der Waals surface area contributed by atoms with Crippen molar-refractivity contribution in [3.8, 4) is 0 Å². The highest BCUT2D eigenvalue weighted by molar-refractivity contribution is 6.31. The first kappa shape index (κ1) is 23.1. The highest BCUT2D eigenvalue weighted by Crippen LogP contribution is 2.32. The van der Waals surface area contributed by atoms with Crippen molar-refractivity contribution in [1.82, 2.24) is 15.5 Å². The Morgan fingerprint density at radius 1 is 1.09 bits per heavy atom. The van der Waals surface area contributed by atoms with Crippen molar-refractivity contribution in [2.45, 2.75) is 19.9 Å². The monoisotopic (exact) mass is 468 g/mol. The predicted octanol–water partition coefficient (Wildman–Crippen LogP) is 3.64. The number of ether oxygens (including phenoxy) is 1. The van der Waals surface area contributed by atoms with Crippen LogP contribution in [0.5, 0.6) is 0 Å². The third-order valence-electron chi connectivity index (χ3n) is 6.02. The molecule has 0 radical (unpaired) electrons. The van der Waals surface area contributed by atoms with E-state index in [2.05, 4.69) is 51.6 Å². The lowest BCUT2D eigenvalue weighted by Gasteiger charge is -2.38. The van der Waals surface area contributed by atoms with E-state index in [1.165, 1.54) is 11.3 Å². The first-order valence-corrected chi connectivity index (χ1v) is 11.6. The van der Waals surface area contributed by atoms with Crippen LogP contribution in [0.3, 0.4) is 0 Å². The summed E-state index contributed by atoms with van der Waals surface area (Å²) < 4.78 is 5.35. The number of piperazine rings is 1. The summed E-state index contributed by atoms with van der Waals surface area (Å²) >= 11 is 6.41. The molecule has 1 atom stereocenters. The number of nitrogens with zero attached hydrogens (tertiary/aromatic N) is 2. The number of halogens is 1. The number of carbonyl (C=O) groups excluding carboxylic acids is 2. The summed E-state index contributed by atoms with van der Waals surface area (Å²) in [5.41, 5.74) is 4.07.